The van der Waals surface area contributed by atoms with Crippen molar-refractivity contribution >= 4 is 20.8 Å². The lowest BCUT2D eigenvalue weighted by atomic mass is 9.87. The van der Waals surface area contributed by atoms with Crippen LogP contribution in [0.3, 0.4) is 0 Å². The molecule has 0 amide bonds. The van der Waals surface area contributed by atoms with Crippen LogP contribution in [0.4, 0.5) is 0 Å². The van der Waals surface area contributed by atoms with E-state index in [1.54, 1.807) is 12.1 Å². The number of rotatable bonds is 6. The molecule has 25 heavy (non-hydrogen) atoms. The average Bonchev–Trinajstić information content (AvgIpc) is 2.61. The van der Waals surface area contributed by atoms with Gasteiger partial charge in [-0.25, -0.2) is 13.1 Å². The Kier molecular flexibility index (Phi) is 5.64. The van der Waals surface area contributed by atoms with Crippen LogP contribution < -0.4 is 9.46 Å². The Morgan fingerprint density at radius 3 is 2.52 bits per heavy atom. The van der Waals surface area contributed by atoms with E-state index in [2.05, 4.69) is 18.6 Å². The predicted molar refractivity (Wildman–Crippen MR) is 101 cm³/mol. The van der Waals surface area contributed by atoms with Gasteiger partial charge in [0.15, 0.2) is 0 Å². The van der Waals surface area contributed by atoms with E-state index in [4.69, 9.17) is 4.74 Å². The lowest BCUT2D eigenvalue weighted by Gasteiger charge is -2.29. The van der Waals surface area contributed by atoms with Crippen LogP contribution in [-0.2, 0) is 10.0 Å². The summed E-state index contributed by atoms with van der Waals surface area (Å²) in [6.07, 6.45) is 5.18. The van der Waals surface area contributed by atoms with Gasteiger partial charge in [0, 0.05) is 16.8 Å². The van der Waals surface area contributed by atoms with E-state index in [0.29, 0.717) is 22.8 Å². The number of nitrogens with one attached hydrogen (secondary N) is 1. The molecule has 0 aromatic heterocycles. The number of hydrogen-bond donors (Lipinski definition) is 1. The normalized spacial score (nSPS) is 21.4. The molecule has 1 N–H and O–H groups in total. The van der Waals surface area contributed by atoms with Gasteiger partial charge in [-0.05, 0) is 37.3 Å². The molecule has 0 bridgehead atoms. The predicted octanol–water partition coefficient (Wildman–Crippen LogP) is 4.49. The highest BCUT2D eigenvalue weighted by Gasteiger charge is 2.28. The first kappa shape index (κ1) is 18.2. The van der Waals surface area contributed by atoms with Crippen LogP contribution in [-0.4, -0.2) is 21.1 Å². The molecule has 2 aromatic rings. The van der Waals surface area contributed by atoms with Crippen LogP contribution in [0, 0.1) is 5.92 Å². The second-order valence-corrected chi connectivity index (χ2v) is 8.63. The Hall–Kier alpha value is -1.59. The third kappa shape index (κ3) is 3.98. The zero-order chi connectivity index (χ0) is 17.9. The van der Waals surface area contributed by atoms with Crippen LogP contribution in [0.5, 0.6) is 5.75 Å². The van der Waals surface area contributed by atoms with Gasteiger partial charge in [-0.15, -0.1) is 0 Å². The van der Waals surface area contributed by atoms with Crippen molar-refractivity contribution in [2.24, 2.45) is 5.92 Å². The second-order valence-electron chi connectivity index (χ2n) is 6.95. The number of sulfonamides is 1. The number of fused-ring (bicyclic) bond motifs is 1. The van der Waals surface area contributed by atoms with Crippen LogP contribution in [0.25, 0.3) is 10.8 Å². The molecule has 1 fully saturated rings. The van der Waals surface area contributed by atoms with Crippen LogP contribution >= 0.6 is 0 Å². The SMILES string of the molecule is CCCOc1ccc(S(=O)(=O)NC2CCCCC2C)c2ccccc12. The van der Waals surface area contributed by atoms with Gasteiger partial charge in [-0.2, -0.15) is 0 Å². The molecular formula is C20H27NO3S. The molecule has 1 aliphatic carbocycles. The zero-order valence-electron chi connectivity index (χ0n) is 15.0. The molecule has 0 heterocycles. The standard InChI is InChI=1S/C20H27NO3S/c1-3-14-24-19-12-13-20(17-10-6-5-9-16(17)19)25(22,23)21-18-11-7-4-8-15(18)2/h5-6,9-10,12-13,15,18,21H,3-4,7-8,11,14H2,1-2H3. The van der Waals surface area contributed by atoms with Crippen molar-refractivity contribution in [2.45, 2.75) is 56.9 Å². The summed E-state index contributed by atoms with van der Waals surface area (Å²) in [6, 6.07) is 11.0. The first-order chi connectivity index (χ1) is 12.0. The van der Waals surface area contributed by atoms with Crippen molar-refractivity contribution in [3.63, 3.8) is 0 Å². The lowest BCUT2D eigenvalue weighted by molar-refractivity contribution is 0.310. The van der Waals surface area contributed by atoms with E-state index in [9.17, 15) is 8.42 Å². The van der Waals surface area contributed by atoms with Crippen molar-refractivity contribution in [2.75, 3.05) is 6.61 Å². The second kappa shape index (κ2) is 7.75. The van der Waals surface area contributed by atoms with E-state index >= 15 is 0 Å². The fraction of sp³-hybridized carbons (Fsp3) is 0.500. The van der Waals surface area contributed by atoms with Crippen LogP contribution in [0.2, 0.25) is 0 Å². The smallest absolute Gasteiger partial charge is 0.241 e. The molecule has 2 aromatic carbocycles. The minimum atomic E-state index is -3.56. The average molecular weight is 362 g/mol. The maximum Gasteiger partial charge on any atom is 0.241 e. The number of ether oxygens (including phenoxy) is 1. The molecule has 0 radical (unpaired) electrons. The summed E-state index contributed by atoms with van der Waals surface area (Å²) in [5.74, 6) is 1.12. The maximum absolute atomic E-state index is 13.0. The molecular weight excluding hydrogens is 334 g/mol. The molecule has 4 nitrogen and oxygen atoms in total. The quantitative estimate of drug-likeness (QED) is 0.825. The highest BCUT2D eigenvalue weighted by molar-refractivity contribution is 7.89. The first-order valence-electron chi connectivity index (χ1n) is 9.20. The van der Waals surface area contributed by atoms with Gasteiger partial charge in [-0.1, -0.05) is 51.0 Å². The molecule has 3 rings (SSSR count). The van der Waals surface area contributed by atoms with Gasteiger partial charge >= 0.3 is 0 Å². The monoisotopic (exact) mass is 361 g/mol. The Bertz CT molecular complexity index is 832. The molecule has 1 saturated carbocycles. The van der Waals surface area contributed by atoms with Crippen molar-refractivity contribution in [1.82, 2.24) is 4.72 Å². The molecule has 2 unspecified atom stereocenters. The third-order valence-electron chi connectivity index (χ3n) is 5.01. The minimum absolute atomic E-state index is 0.0218. The minimum Gasteiger partial charge on any atom is -0.493 e. The van der Waals surface area contributed by atoms with Crippen LogP contribution in [0.1, 0.15) is 46.0 Å². The molecule has 2 atom stereocenters. The summed E-state index contributed by atoms with van der Waals surface area (Å²) >= 11 is 0. The van der Waals surface area contributed by atoms with Crippen molar-refractivity contribution < 1.29 is 13.2 Å². The van der Waals surface area contributed by atoms with E-state index in [1.807, 2.05) is 24.3 Å². The Morgan fingerprint density at radius 2 is 1.80 bits per heavy atom. The fourth-order valence-corrected chi connectivity index (χ4v) is 5.16. The largest absolute Gasteiger partial charge is 0.493 e. The summed E-state index contributed by atoms with van der Waals surface area (Å²) in [4.78, 5) is 0.338. The molecule has 0 saturated heterocycles. The third-order valence-corrected chi connectivity index (χ3v) is 6.56. The van der Waals surface area contributed by atoms with Gasteiger partial charge in [0.1, 0.15) is 5.75 Å². The summed E-state index contributed by atoms with van der Waals surface area (Å²) in [5.41, 5.74) is 0. The van der Waals surface area contributed by atoms with E-state index < -0.39 is 10.0 Å². The van der Waals surface area contributed by atoms with Gasteiger partial charge in [-0.3, -0.25) is 0 Å². The van der Waals surface area contributed by atoms with E-state index in [0.717, 1.165) is 36.8 Å². The van der Waals surface area contributed by atoms with Gasteiger partial charge < -0.3 is 4.74 Å². The molecule has 136 valence electrons. The van der Waals surface area contributed by atoms with E-state index in [-0.39, 0.29) is 6.04 Å². The Morgan fingerprint density at radius 1 is 1.08 bits per heavy atom. The van der Waals surface area contributed by atoms with Crippen molar-refractivity contribution in [3.05, 3.63) is 36.4 Å². The van der Waals surface area contributed by atoms with E-state index in [1.165, 1.54) is 6.42 Å². The van der Waals surface area contributed by atoms with Crippen molar-refractivity contribution in [1.29, 1.82) is 0 Å². The van der Waals surface area contributed by atoms with Crippen LogP contribution in [0.15, 0.2) is 41.3 Å². The Balaban J connectivity index is 1.97. The molecule has 1 aliphatic rings. The highest BCUT2D eigenvalue weighted by atomic mass is 32.2. The zero-order valence-corrected chi connectivity index (χ0v) is 15.8. The van der Waals surface area contributed by atoms with Gasteiger partial charge in [0.05, 0.1) is 11.5 Å². The number of hydrogen-bond acceptors (Lipinski definition) is 3. The van der Waals surface area contributed by atoms with Gasteiger partial charge in [0.25, 0.3) is 0 Å². The number of benzene rings is 2. The fourth-order valence-electron chi connectivity index (χ4n) is 3.57. The molecule has 0 spiro atoms. The summed E-state index contributed by atoms with van der Waals surface area (Å²) < 4.78 is 34.8. The maximum atomic E-state index is 13.0. The van der Waals surface area contributed by atoms with Gasteiger partial charge in [0.2, 0.25) is 10.0 Å². The summed E-state index contributed by atoms with van der Waals surface area (Å²) in [6.45, 7) is 4.80. The molecule has 5 heteroatoms. The summed E-state index contributed by atoms with van der Waals surface area (Å²) in [7, 11) is -3.56. The molecule has 0 aliphatic heterocycles. The lowest BCUT2D eigenvalue weighted by Crippen LogP contribution is -2.41. The Labute approximate surface area is 150 Å². The first-order valence-corrected chi connectivity index (χ1v) is 10.7. The topological polar surface area (TPSA) is 55.4 Å². The summed E-state index contributed by atoms with van der Waals surface area (Å²) in [5, 5.41) is 1.56. The van der Waals surface area contributed by atoms with Crippen molar-refractivity contribution in [3.8, 4) is 5.75 Å². The highest BCUT2D eigenvalue weighted by Crippen LogP contribution is 2.32.